The topological polar surface area (TPSA) is 51.5 Å². The molecule has 4 rings (SSSR count). The molecule has 1 saturated heterocycles. The van der Waals surface area contributed by atoms with E-state index in [2.05, 4.69) is 0 Å². The van der Waals surface area contributed by atoms with Gasteiger partial charge in [0.15, 0.2) is 0 Å². The number of carbonyl (C=O) groups excluding carboxylic acids is 1. The van der Waals surface area contributed by atoms with Gasteiger partial charge in [-0.15, -0.1) is 0 Å². The Balaban J connectivity index is 1.37. The van der Waals surface area contributed by atoms with Crippen LogP contribution < -0.4 is 10.3 Å². The van der Waals surface area contributed by atoms with Crippen molar-refractivity contribution in [3.05, 3.63) is 63.0 Å². The Morgan fingerprint density at radius 2 is 1.84 bits per heavy atom. The van der Waals surface area contributed by atoms with Gasteiger partial charge in [-0.25, -0.2) is 0 Å². The zero-order chi connectivity index (χ0) is 17.6. The van der Waals surface area contributed by atoms with Gasteiger partial charge in [0.25, 0.3) is 11.5 Å². The Labute approximate surface area is 150 Å². The first kappa shape index (κ1) is 16.2. The highest BCUT2D eigenvalue weighted by Crippen LogP contribution is 2.35. The van der Waals surface area contributed by atoms with Crippen LogP contribution in [0.15, 0.2) is 41.2 Å². The predicted molar refractivity (Wildman–Crippen MR) is 95.5 cm³/mol. The lowest BCUT2D eigenvalue weighted by molar-refractivity contribution is 0.0176. The Hall–Kier alpha value is -2.27. The minimum absolute atomic E-state index is 0.00841. The van der Waals surface area contributed by atoms with Crippen LogP contribution in [0.5, 0.6) is 5.75 Å². The number of rotatable bonds is 4. The minimum Gasteiger partial charge on any atom is -0.486 e. The molecule has 2 heterocycles. The molecule has 1 aromatic carbocycles. The maximum Gasteiger partial charge on any atom is 0.254 e. The molecular weight excluding hydrogens is 340 g/mol. The highest BCUT2D eigenvalue weighted by molar-refractivity contribution is 6.30. The number of aryl methyl sites for hydroxylation is 1. The van der Waals surface area contributed by atoms with Gasteiger partial charge < -0.3 is 14.2 Å². The van der Waals surface area contributed by atoms with Crippen LogP contribution in [0.2, 0.25) is 5.02 Å². The molecule has 2 aromatic rings. The lowest BCUT2D eigenvalue weighted by atomic mass is 10.1. The summed E-state index contributed by atoms with van der Waals surface area (Å²) in [6.45, 7) is 2.97. The zero-order valence-electron chi connectivity index (χ0n) is 13.9. The average molecular weight is 359 g/mol. The second-order valence-electron chi connectivity index (χ2n) is 6.73. The summed E-state index contributed by atoms with van der Waals surface area (Å²) in [7, 11) is 0. The maximum absolute atomic E-state index is 12.3. The Morgan fingerprint density at radius 3 is 2.44 bits per heavy atom. The van der Waals surface area contributed by atoms with E-state index in [1.807, 2.05) is 17.6 Å². The molecule has 0 radical (unpaired) electrons. The van der Waals surface area contributed by atoms with E-state index in [1.54, 1.807) is 35.2 Å². The summed E-state index contributed by atoms with van der Waals surface area (Å²) in [5.41, 5.74) is 1.54. The van der Waals surface area contributed by atoms with E-state index >= 15 is 0 Å². The van der Waals surface area contributed by atoms with Crippen LogP contribution in [-0.4, -0.2) is 34.6 Å². The third-order valence-corrected chi connectivity index (χ3v) is 4.93. The average Bonchev–Trinajstić information content (AvgIpc) is 3.35. The molecule has 0 spiro atoms. The van der Waals surface area contributed by atoms with Crippen LogP contribution in [0.25, 0.3) is 0 Å². The molecule has 6 heteroatoms. The van der Waals surface area contributed by atoms with E-state index in [-0.39, 0.29) is 17.6 Å². The van der Waals surface area contributed by atoms with E-state index in [0.29, 0.717) is 35.5 Å². The van der Waals surface area contributed by atoms with Gasteiger partial charge >= 0.3 is 0 Å². The molecule has 1 aromatic heterocycles. The summed E-state index contributed by atoms with van der Waals surface area (Å²) in [5.74, 6) is 0.555. The number of ether oxygens (including phenoxy) is 1. The molecule has 1 saturated carbocycles. The standard InChI is InChI=1S/C19H19ClN2O3/c1-12-8-16(9-18(23)22(12)15-6-7-15)25-17-10-21(11-17)19(24)13-2-4-14(20)5-3-13/h2-5,8-9,15,17H,6-7,10-11H2,1H3. The molecule has 0 N–H and O–H groups in total. The Kier molecular flexibility index (Phi) is 4.04. The molecule has 5 nitrogen and oxygen atoms in total. The van der Waals surface area contributed by atoms with Crippen LogP contribution in [0.3, 0.4) is 0 Å². The maximum atomic E-state index is 12.3. The number of aromatic nitrogens is 1. The lowest BCUT2D eigenvalue weighted by Gasteiger charge is -2.39. The number of hydrogen-bond acceptors (Lipinski definition) is 3. The molecule has 1 aliphatic heterocycles. The van der Waals surface area contributed by atoms with Crippen LogP contribution in [0.4, 0.5) is 0 Å². The number of nitrogens with zero attached hydrogens (tertiary/aromatic N) is 2. The van der Waals surface area contributed by atoms with Crippen molar-refractivity contribution < 1.29 is 9.53 Å². The van der Waals surface area contributed by atoms with E-state index in [4.69, 9.17) is 16.3 Å². The number of carbonyl (C=O) groups is 1. The number of amides is 1. The summed E-state index contributed by atoms with van der Waals surface area (Å²) in [4.78, 5) is 26.3. The normalized spacial score (nSPS) is 17.3. The third-order valence-electron chi connectivity index (χ3n) is 4.68. The summed E-state index contributed by atoms with van der Waals surface area (Å²) < 4.78 is 7.71. The van der Waals surface area contributed by atoms with Gasteiger partial charge in [-0.1, -0.05) is 11.6 Å². The summed E-state index contributed by atoms with van der Waals surface area (Å²) in [6.07, 6.45) is 2.07. The van der Waals surface area contributed by atoms with Crippen LogP contribution in [0, 0.1) is 6.92 Å². The molecule has 0 atom stereocenters. The van der Waals surface area contributed by atoms with Gasteiger partial charge in [-0.05, 0) is 50.1 Å². The molecule has 1 aliphatic carbocycles. The monoisotopic (exact) mass is 358 g/mol. The minimum atomic E-state index is -0.0770. The number of halogens is 1. The molecule has 2 fully saturated rings. The molecule has 25 heavy (non-hydrogen) atoms. The summed E-state index contributed by atoms with van der Waals surface area (Å²) in [6, 6.07) is 10.7. The van der Waals surface area contributed by atoms with Crippen molar-refractivity contribution in [2.45, 2.75) is 31.9 Å². The largest absolute Gasteiger partial charge is 0.486 e. The van der Waals surface area contributed by atoms with Crippen molar-refractivity contribution in [3.8, 4) is 5.75 Å². The van der Waals surface area contributed by atoms with Crippen molar-refractivity contribution in [2.24, 2.45) is 0 Å². The molecule has 1 amide bonds. The molecule has 0 unspecified atom stereocenters. The van der Waals surface area contributed by atoms with E-state index in [9.17, 15) is 9.59 Å². The fourth-order valence-corrected chi connectivity index (χ4v) is 3.32. The Morgan fingerprint density at radius 1 is 1.16 bits per heavy atom. The lowest BCUT2D eigenvalue weighted by Crippen LogP contribution is -2.56. The number of hydrogen-bond donors (Lipinski definition) is 0. The van der Waals surface area contributed by atoms with Crippen LogP contribution in [-0.2, 0) is 0 Å². The van der Waals surface area contributed by atoms with Gasteiger partial charge in [-0.2, -0.15) is 0 Å². The fourth-order valence-electron chi connectivity index (χ4n) is 3.20. The quantitative estimate of drug-likeness (QED) is 0.844. The van der Waals surface area contributed by atoms with E-state index in [0.717, 1.165) is 18.5 Å². The summed E-state index contributed by atoms with van der Waals surface area (Å²) in [5, 5.41) is 0.609. The summed E-state index contributed by atoms with van der Waals surface area (Å²) >= 11 is 5.85. The van der Waals surface area contributed by atoms with Crippen molar-refractivity contribution in [1.82, 2.24) is 9.47 Å². The van der Waals surface area contributed by atoms with Gasteiger partial charge in [0.1, 0.15) is 11.9 Å². The van der Waals surface area contributed by atoms with Gasteiger partial charge in [0.2, 0.25) is 0 Å². The number of likely N-dealkylation sites (tertiary alicyclic amines) is 1. The van der Waals surface area contributed by atoms with Gasteiger partial charge in [-0.3, -0.25) is 9.59 Å². The van der Waals surface area contributed by atoms with Gasteiger partial charge in [0, 0.05) is 28.4 Å². The van der Waals surface area contributed by atoms with E-state index < -0.39 is 0 Å². The van der Waals surface area contributed by atoms with Crippen LogP contribution >= 0.6 is 11.6 Å². The predicted octanol–water partition coefficient (Wildman–Crippen LogP) is 3.05. The molecular formula is C19H19ClN2O3. The highest BCUT2D eigenvalue weighted by Gasteiger charge is 2.33. The smallest absolute Gasteiger partial charge is 0.254 e. The third kappa shape index (κ3) is 3.29. The molecule has 0 bridgehead atoms. The van der Waals surface area contributed by atoms with Gasteiger partial charge in [0.05, 0.1) is 13.1 Å². The van der Waals surface area contributed by atoms with Crippen molar-refractivity contribution in [3.63, 3.8) is 0 Å². The number of benzene rings is 1. The highest BCUT2D eigenvalue weighted by atomic mass is 35.5. The number of pyridine rings is 1. The SMILES string of the molecule is Cc1cc(OC2CN(C(=O)c3ccc(Cl)cc3)C2)cc(=O)n1C1CC1. The van der Waals surface area contributed by atoms with E-state index in [1.165, 1.54) is 0 Å². The van der Waals surface area contributed by atoms with Crippen molar-refractivity contribution >= 4 is 17.5 Å². The first-order chi connectivity index (χ1) is 12.0. The zero-order valence-corrected chi connectivity index (χ0v) is 14.7. The first-order valence-corrected chi connectivity index (χ1v) is 8.84. The molecule has 2 aliphatic rings. The second kappa shape index (κ2) is 6.23. The van der Waals surface area contributed by atoms with Crippen molar-refractivity contribution in [2.75, 3.05) is 13.1 Å². The van der Waals surface area contributed by atoms with Crippen LogP contribution in [0.1, 0.15) is 34.9 Å². The van der Waals surface area contributed by atoms with Crippen molar-refractivity contribution in [1.29, 1.82) is 0 Å². The molecule has 130 valence electrons. The first-order valence-electron chi connectivity index (χ1n) is 8.46. The fraction of sp³-hybridized carbons (Fsp3) is 0.368. The Bertz CT molecular complexity index is 865. The second-order valence-corrected chi connectivity index (χ2v) is 7.17.